The molecule has 0 bridgehead atoms. The zero-order chi connectivity index (χ0) is 17.7. The molecule has 1 aliphatic heterocycles. The summed E-state index contributed by atoms with van der Waals surface area (Å²) in [5.41, 5.74) is 7.25. The molecular formula is C16H25N3O4S. The standard InChI is InChI=1S/C16H25N3O4S/c1-3-9-24(21,22)19-14-6-4-5-13(11(14)2)18-16(20)15-8-7-12(10-17)23-15/h4-6,12,15,19H,3,7-10,17H2,1-2H3,(H,18,20)/t12-,15+/m1/s1. The molecular weight excluding hydrogens is 330 g/mol. The van der Waals surface area contributed by atoms with Crippen LogP contribution in [0.1, 0.15) is 31.7 Å². The maximum Gasteiger partial charge on any atom is 0.253 e. The number of carbonyl (C=O) groups excluding carboxylic acids is 1. The lowest BCUT2D eigenvalue weighted by Crippen LogP contribution is -2.30. The molecule has 1 aromatic rings. The van der Waals surface area contributed by atoms with E-state index in [2.05, 4.69) is 10.0 Å². The van der Waals surface area contributed by atoms with Crippen molar-refractivity contribution in [1.29, 1.82) is 0 Å². The highest BCUT2D eigenvalue weighted by Crippen LogP contribution is 2.26. The fraction of sp³-hybridized carbons (Fsp3) is 0.562. The number of hydrogen-bond donors (Lipinski definition) is 3. The van der Waals surface area contributed by atoms with Crippen LogP contribution in [0, 0.1) is 6.92 Å². The predicted molar refractivity (Wildman–Crippen MR) is 94.5 cm³/mol. The normalized spacial score (nSPS) is 20.8. The van der Waals surface area contributed by atoms with Crippen LogP contribution >= 0.6 is 0 Å². The SMILES string of the molecule is CCCS(=O)(=O)Nc1cccc(NC(=O)[C@@H]2CC[C@H](CN)O2)c1C. The van der Waals surface area contributed by atoms with Crippen molar-refractivity contribution < 1.29 is 17.9 Å². The third-order valence-electron chi connectivity index (χ3n) is 3.99. The molecule has 1 saturated heterocycles. The first-order valence-electron chi connectivity index (χ1n) is 8.12. The summed E-state index contributed by atoms with van der Waals surface area (Å²) < 4.78 is 32.0. The van der Waals surface area contributed by atoms with Crippen molar-refractivity contribution in [1.82, 2.24) is 0 Å². The van der Waals surface area contributed by atoms with Gasteiger partial charge >= 0.3 is 0 Å². The van der Waals surface area contributed by atoms with Gasteiger partial charge in [0.1, 0.15) is 6.10 Å². The molecule has 0 unspecified atom stereocenters. The smallest absolute Gasteiger partial charge is 0.253 e. The number of hydrogen-bond acceptors (Lipinski definition) is 5. The van der Waals surface area contributed by atoms with E-state index in [1.165, 1.54) is 0 Å². The first-order chi connectivity index (χ1) is 11.4. The minimum atomic E-state index is -3.38. The predicted octanol–water partition coefficient (Wildman–Crippen LogP) is 1.59. The number of nitrogens with two attached hydrogens (primary N) is 1. The number of carbonyl (C=O) groups is 1. The van der Waals surface area contributed by atoms with Crippen molar-refractivity contribution in [2.24, 2.45) is 5.73 Å². The van der Waals surface area contributed by atoms with Crippen LogP contribution in [0.4, 0.5) is 11.4 Å². The molecule has 1 amide bonds. The number of nitrogens with one attached hydrogen (secondary N) is 2. The number of anilines is 2. The Morgan fingerprint density at radius 1 is 1.33 bits per heavy atom. The highest BCUT2D eigenvalue weighted by molar-refractivity contribution is 7.92. The monoisotopic (exact) mass is 355 g/mol. The number of rotatable bonds is 7. The third-order valence-corrected chi connectivity index (χ3v) is 5.47. The second-order valence-electron chi connectivity index (χ2n) is 5.95. The van der Waals surface area contributed by atoms with Crippen LogP contribution in [0.2, 0.25) is 0 Å². The minimum absolute atomic E-state index is 0.0550. The van der Waals surface area contributed by atoms with Crippen molar-refractivity contribution in [3.8, 4) is 0 Å². The van der Waals surface area contributed by atoms with Crippen LogP contribution in [-0.2, 0) is 19.6 Å². The van der Waals surface area contributed by atoms with Gasteiger partial charge < -0.3 is 15.8 Å². The van der Waals surface area contributed by atoms with E-state index in [1.807, 2.05) is 0 Å². The van der Waals surface area contributed by atoms with E-state index < -0.39 is 16.1 Å². The number of amides is 1. The Kier molecular flexibility index (Phi) is 6.20. The van der Waals surface area contributed by atoms with E-state index in [1.54, 1.807) is 32.0 Å². The summed E-state index contributed by atoms with van der Waals surface area (Å²) in [5.74, 6) is -0.179. The van der Waals surface area contributed by atoms with Gasteiger partial charge in [-0.1, -0.05) is 13.0 Å². The summed E-state index contributed by atoms with van der Waals surface area (Å²) in [6, 6.07) is 5.11. The van der Waals surface area contributed by atoms with Crippen LogP contribution in [0.15, 0.2) is 18.2 Å². The molecule has 7 nitrogen and oxygen atoms in total. The van der Waals surface area contributed by atoms with Gasteiger partial charge in [0.2, 0.25) is 10.0 Å². The molecule has 2 atom stereocenters. The summed E-state index contributed by atoms with van der Waals surface area (Å²) in [6.07, 6.45) is 1.35. The molecule has 134 valence electrons. The Labute approximate surface area is 143 Å². The molecule has 1 fully saturated rings. The van der Waals surface area contributed by atoms with E-state index in [9.17, 15) is 13.2 Å². The molecule has 1 heterocycles. The van der Waals surface area contributed by atoms with Crippen LogP contribution < -0.4 is 15.8 Å². The van der Waals surface area contributed by atoms with Crippen molar-refractivity contribution in [2.45, 2.75) is 45.3 Å². The van der Waals surface area contributed by atoms with Gasteiger partial charge in [-0.05, 0) is 43.9 Å². The molecule has 0 radical (unpaired) electrons. The molecule has 0 aromatic heterocycles. The highest BCUT2D eigenvalue weighted by Gasteiger charge is 2.30. The maximum absolute atomic E-state index is 12.3. The first kappa shape index (κ1) is 18.7. The summed E-state index contributed by atoms with van der Waals surface area (Å²) in [6.45, 7) is 3.97. The molecule has 0 aliphatic carbocycles. The van der Waals surface area contributed by atoms with Crippen molar-refractivity contribution in [2.75, 3.05) is 22.3 Å². The number of sulfonamides is 1. The molecule has 4 N–H and O–H groups in total. The Balaban J connectivity index is 2.09. The average molecular weight is 355 g/mol. The zero-order valence-electron chi connectivity index (χ0n) is 14.0. The number of ether oxygens (including phenoxy) is 1. The van der Waals surface area contributed by atoms with Gasteiger partial charge in [-0.15, -0.1) is 0 Å². The quantitative estimate of drug-likeness (QED) is 0.688. The maximum atomic E-state index is 12.3. The van der Waals surface area contributed by atoms with Crippen LogP contribution in [0.3, 0.4) is 0 Å². The van der Waals surface area contributed by atoms with Gasteiger partial charge in [-0.2, -0.15) is 0 Å². The van der Waals surface area contributed by atoms with E-state index in [0.29, 0.717) is 36.3 Å². The van der Waals surface area contributed by atoms with Crippen LogP contribution in [0.5, 0.6) is 0 Å². The second kappa shape index (κ2) is 7.96. The second-order valence-corrected chi connectivity index (χ2v) is 7.79. The molecule has 1 aliphatic rings. The molecule has 8 heteroatoms. The van der Waals surface area contributed by atoms with E-state index in [-0.39, 0.29) is 17.8 Å². The summed E-state index contributed by atoms with van der Waals surface area (Å²) in [7, 11) is -3.38. The van der Waals surface area contributed by atoms with E-state index in [4.69, 9.17) is 10.5 Å². The lowest BCUT2D eigenvalue weighted by molar-refractivity contribution is -0.126. The molecule has 0 saturated carbocycles. The number of benzene rings is 1. The summed E-state index contributed by atoms with van der Waals surface area (Å²) >= 11 is 0. The average Bonchev–Trinajstić information content (AvgIpc) is 3.00. The van der Waals surface area contributed by atoms with Crippen molar-refractivity contribution in [3.63, 3.8) is 0 Å². The van der Waals surface area contributed by atoms with Crippen molar-refractivity contribution in [3.05, 3.63) is 23.8 Å². The molecule has 0 spiro atoms. The van der Waals surface area contributed by atoms with E-state index >= 15 is 0 Å². The van der Waals surface area contributed by atoms with Gasteiger partial charge in [-0.25, -0.2) is 8.42 Å². The largest absolute Gasteiger partial charge is 0.364 e. The minimum Gasteiger partial charge on any atom is -0.364 e. The topological polar surface area (TPSA) is 111 Å². The van der Waals surface area contributed by atoms with Gasteiger partial charge in [0, 0.05) is 12.2 Å². The Morgan fingerprint density at radius 3 is 2.67 bits per heavy atom. The van der Waals surface area contributed by atoms with Crippen LogP contribution in [0.25, 0.3) is 0 Å². The van der Waals surface area contributed by atoms with Crippen LogP contribution in [-0.4, -0.2) is 38.8 Å². The highest BCUT2D eigenvalue weighted by atomic mass is 32.2. The molecule has 2 rings (SSSR count). The Hall–Kier alpha value is -1.64. The summed E-state index contributed by atoms with van der Waals surface area (Å²) in [5, 5.41) is 2.82. The fourth-order valence-corrected chi connectivity index (χ4v) is 3.85. The first-order valence-corrected chi connectivity index (χ1v) is 9.78. The third kappa shape index (κ3) is 4.68. The fourth-order valence-electron chi connectivity index (χ4n) is 2.65. The van der Waals surface area contributed by atoms with Crippen molar-refractivity contribution >= 4 is 27.3 Å². The zero-order valence-corrected chi connectivity index (χ0v) is 14.9. The Bertz CT molecular complexity index is 691. The lowest BCUT2D eigenvalue weighted by Gasteiger charge is -2.16. The van der Waals surface area contributed by atoms with Gasteiger partial charge in [0.25, 0.3) is 5.91 Å². The van der Waals surface area contributed by atoms with Gasteiger partial charge in [0.05, 0.1) is 17.5 Å². The molecule has 24 heavy (non-hydrogen) atoms. The lowest BCUT2D eigenvalue weighted by atomic mass is 10.1. The van der Waals surface area contributed by atoms with Gasteiger partial charge in [0.15, 0.2) is 0 Å². The Morgan fingerprint density at radius 2 is 2.04 bits per heavy atom. The summed E-state index contributed by atoms with van der Waals surface area (Å²) in [4.78, 5) is 12.3. The molecule has 1 aromatic carbocycles. The van der Waals surface area contributed by atoms with E-state index in [0.717, 1.165) is 6.42 Å². The van der Waals surface area contributed by atoms with Gasteiger partial charge in [-0.3, -0.25) is 9.52 Å².